The van der Waals surface area contributed by atoms with E-state index in [1.807, 2.05) is 20.0 Å². The van der Waals surface area contributed by atoms with Crippen LogP contribution in [0.25, 0.3) is 33.5 Å². The molecule has 0 saturated heterocycles. The third kappa shape index (κ3) is 2.79. The zero-order valence-corrected chi connectivity index (χ0v) is 17.3. The van der Waals surface area contributed by atoms with E-state index in [0.717, 1.165) is 22.6 Å². The van der Waals surface area contributed by atoms with Gasteiger partial charge in [-0.2, -0.15) is 0 Å². The van der Waals surface area contributed by atoms with Crippen molar-refractivity contribution in [1.82, 2.24) is 9.97 Å². The molecule has 0 aliphatic heterocycles. The van der Waals surface area contributed by atoms with Gasteiger partial charge in [-0.25, -0.2) is 0 Å². The van der Waals surface area contributed by atoms with Crippen LogP contribution in [-0.4, -0.2) is 9.97 Å². The first-order chi connectivity index (χ1) is 13.9. The SMILES string of the molecule is Cc1cnc(-c2ccc(-c3ccc4c(c3)-c3ccccc3C4(C)C)cc2)c(C)n1. The molecule has 0 fully saturated rings. The predicted molar refractivity (Wildman–Crippen MR) is 120 cm³/mol. The highest BCUT2D eigenvalue weighted by atomic mass is 14.8. The van der Waals surface area contributed by atoms with Gasteiger partial charge in [0.15, 0.2) is 0 Å². The number of nitrogens with zero attached hydrogens (tertiary/aromatic N) is 2. The first kappa shape index (κ1) is 17.8. The van der Waals surface area contributed by atoms with Crippen molar-refractivity contribution in [3.8, 4) is 33.5 Å². The van der Waals surface area contributed by atoms with E-state index in [1.54, 1.807) is 0 Å². The van der Waals surface area contributed by atoms with Gasteiger partial charge in [0.2, 0.25) is 0 Å². The average Bonchev–Trinajstić information content (AvgIpc) is 2.96. The second-order valence-corrected chi connectivity index (χ2v) is 8.45. The number of aromatic nitrogens is 2. The molecule has 142 valence electrons. The van der Waals surface area contributed by atoms with Crippen LogP contribution in [0.3, 0.4) is 0 Å². The first-order valence-electron chi connectivity index (χ1n) is 10.1. The lowest BCUT2D eigenvalue weighted by Crippen LogP contribution is -2.14. The summed E-state index contributed by atoms with van der Waals surface area (Å²) >= 11 is 0. The number of fused-ring (bicyclic) bond motifs is 3. The van der Waals surface area contributed by atoms with Crippen LogP contribution in [0, 0.1) is 13.8 Å². The molecule has 1 aliphatic carbocycles. The smallest absolute Gasteiger partial charge is 0.0914 e. The lowest BCUT2D eigenvalue weighted by atomic mass is 9.82. The van der Waals surface area contributed by atoms with Crippen LogP contribution in [0.4, 0.5) is 0 Å². The Morgan fingerprint density at radius 2 is 1.34 bits per heavy atom. The third-order valence-corrected chi connectivity index (χ3v) is 6.14. The van der Waals surface area contributed by atoms with Gasteiger partial charge in [-0.3, -0.25) is 9.97 Å². The molecule has 29 heavy (non-hydrogen) atoms. The molecule has 0 N–H and O–H groups in total. The molecular formula is C27H24N2. The summed E-state index contributed by atoms with van der Waals surface area (Å²) in [6.07, 6.45) is 1.83. The lowest BCUT2D eigenvalue weighted by Gasteiger charge is -2.21. The molecule has 0 saturated carbocycles. The second-order valence-electron chi connectivity index (χ2n) is 8.45. The van der Waals surface area contributed by atoms with Gasteiger partial charge in [-0.1, -0.05) is 74.5 Å². The van der Waals surface area contributed by atoms with E-state index in [-0.39, 0.29) is 5.41 Å². The van der Waals surface area contributed by atoms with Crippen molar-refractivity contribution in [2.45, 2.75) is 33.1 Å². The fourth-order valence-electron chi connectivity index (χ4n) is 4.60. The minimum Gasteiger partial charge on any atom is -0.255 e. The Bertz CT molecular complexity index is 1230. The highest BCUT2D eigenvalue weighted by Crippen LogP contribution is 2.49. The van der Waals surface area contributed by atoms with E-state index in [4.69, 9.17) is 0 Å². The fourth-order valence-corrected chi connectivity index (χ4v) is 4.60. The molecule has 4 aromatic rings. The summed E-state index contributed by atoms with van der Waals surface area (Å²) in [6, 6.07) is 24.3. The lowest BCUT2D eigenvalue weighted by molar-refractivity contribution is 0.660. The highest BCUT2D eigenvalue weighted by molar-refractivity contribution is 5.84. The molecular weight excluding hydrogens is 352 g/mol. The van der Waals surface area contributed by atoms with Crippen LogP contribution in [0.1, 0.15) is 36.4 Å². The van der Waals surface area contributed by atoms with Crippen LogP contribution < -0.4 is 0 Å². The van der Waals surface area contributed by atoms with Crippen molar-refractivity contribution < 1.29 is 0 Å². The van der Waals surface area contributed by atoms with E-state index in [0.29, 0.717) is 0 Å². The summed E-state index contributed by atoms with van der Waals surface area (Å²) < 4.78 is 0. The largest absolute Gasteiger partial charge is 0.255 e. The van der Waals surface area contributed by atoms with E-state index in [9.17, 15) is 0 Å². The molecule has 0 atom stereocenters. The summed E-state index contributed by atoms with van der Waals surface area (Å²) in [5.41, 5.74) is 12.0. The Balaban J connectivity index is 1.55. The number of hydrogen-bond donors (Lipinski definition) is 0. The predicted octanol–water partition coefficient (Wildman–Crippen LogP) is 6.73. The summed E-state index contributed by atoms with van der Waals surface area (Å²) in [5.74, 6) is 0. The quantitative estimate of drug-likeness (QED) is 0.387. The van der Waals surface area contributed by atoms with Gasteiger partial charge in [-0.05, 0) is 53.3 Å². The Morgan fingerprint density at radius 3 is 2.10 bits per heavy atom. The molecule has 0 unspecified atom stereocenters. The van der Waals surface area contributed by atoms with Crippen molar-refractivity contribution in [2.75, 3.05) is 0 Å². The van der Waals surface area contributed by atoms with Crippen molar-refractivity contribution in [3.63, 3.8) is 0 Å². The molecule has 0 bridgehead atoms. The number of benzene rings is 3. The molecule has 0 radical (unpaired) electrons. The monoisotopic (exact) mass is 376 g/mol. The third-order valence-electron chi connectivity index (χ3n) is 6.14. The number of aryl methyl sites for hydroxylation is 2. The van der Waals surface area contributed by atoms with E-state index < -0.39 is 0 Å². The second kappa shape index (κ2) is 6.38. The van der Waals surface area contributed by atoms with Gasteiger partial charge in [0.25, 0.3) is 0 Å². The minimum atomic E-state index is 0.0515. The molecule has 2 heteroatoms. The van der Waals surface area contributed by atoms with Crippen LogP contribution in [0.15, 0.2) is 72.9 Å². The number of rotatable bonds is 2. The molecule has 5 rings (SSSR count). The van der Waals surface area contributed by atoms with E-state index in [2.05, 4.69) is 90.5 Å². The summed E-state index contributed by atoms with van der Waals surface area (Å²) in [5, 5.41) is 0. The van der Waals surface area contributed by atoms with E-state index in [1.165, 1.54) is 33.4 Å². The van der Waals surface area contributed by atoms with Gasteiger partial charge >= 0.3 is 0 Å². The van der Waals surface area contributed by atoms with Crippen molar-refractivity contribution >= 4 is 0 Å². The van der Waals surface area contributed by atoms with Crippen molar-refractivity contribution in [3.05, 3.63) is 95.4 Å². The Hall–Kier alpha value is -3.26. The summed E-state index contributed by atoms with van der Waals surface area (Å²) in [7, 11) is 0. The summed E-state index contributed by atoms with van der Waals surface area (Å²) in [6.45, 7) is 8.62. The maximum atomic E-state index is 4.58. The van der Waals surface area contributed by atoms with Crippen LogP contribution >= 0.6 is 0 Å². The molecule has 3 aromatic carbocycles. The van der Waals surface area contributed by atoms with E-state index >= 15 is 0 Å². The zero-order valence-electron chi connectivity index (χ0n) is 17.3. The van der Waals surface area contributed by atoms with Gasteiger partial charge in [0, 0.05) is 17.2 Å². The van der Waals surface area contributed by atoms with Crippen LogP contribution in [0.5, 0.6) is 0 Å². The average molecular weight is 377 g/mol. The molecule has 0 spiro atoms. The molecule has 1 aromatic heterocycles. The standard InChI is InChI=1S/C27H24N2/c1-17-16-28-26(18(2)29-17)20-11-9-19(10-12-20)21-13-14-25-23(15-21)22-7-5-6-8-24(22)27(25,3)4/h5-16H,1-4H3. The molecule has 1 aliphatic rings. The molecule has 1 heterocycles. The summed E-state index contributed by atoms with van der Waals surface area (Å²) in [4.78, 5) is 9.12. The van der Waals surface area contributed by atoms with Gasteiger partial charge in [-0.15, -0.1) is 0 Å². The number of hydrogen-bond acceptors (Lipinski definition) is 2. The maximum absolute atomic E-state index is 4.58. The first-order valence-corrected chi connectivity index (χ1v) is 10.1. The van der Waals surface area contributed by atoms with Gasteiger partial charge in [0.05, 0.1) is 17.1 Å². The van der Waals surface area contributed by atoms with Crippen LogP contribution in [-0.2, 0) is 5.41 Å². The minimum absolute atomic E-state index is 0.0515. The van der Waals surface area contributed by atoms with Crippen molar-refractivity contribution in [2.24, 2.45) is 0 Å². The molecule has 0 amide bonds. The van der Waals surface area contributed by atoms with Crippen LogP contribution in [0.2, 0.25) is 0 Å². The highest BCUT2D eigenvalue weighted by Gasteiger charge is 2.34. The Morgan fingerprint density at radius 1 is 0.690 bits per heavy atom. The van der Waals surface area contributed by atoms with Gasteiger partial charge < -0.3 is 0 Å². The fraction of sp³-hybridized carbons (Fsp3) is 0.185. The maximum Gasteiger partial charge on any atom is 0.0914 e. The molecule has 2 nitrogen and oxygen atoms in total. The topological polar surface area (TPSA) is 25.8 Å². The normalized spacial score (nSPS) is 13.8. The van der Waals surface area contributed by atoms with Crippen molar-refractivity contribution in [1.29, 1.82) is 0 Å². The zero-order chi connectivity index (χ0) is 20.2. The van der Waals surface area contributed by atoms with Gasteiger partial charge in [0.1, 0.15) is 0 Å². The Labute approximate surface area is 172 Å². The Kier molecular flexibility index (Phi) is 3.92.